The van der Waals surface area contributed by atoms with Crippen LogP contribution in [0.25, 0.3) is 199 Å². The van der Waals surface area contributed by atoms with Crippen molar-refractivity contribution >= 4 is 97.1 Å². The van der Waals surface area contributed by atoms with Crippen molar-refractivity contribution in [1.82, 2.24) is 39.0 Å². The van der Waals surface area contributed by atoms with E-state index in [0.29, 0.717) is 40.5 Å². The van der Waals surface area contributed by atoms with E-state index < -0.39 is 0 Å². The first-order valence-corrected chi connectivity index (χ1v) is 36.7. The molecule has 15 aromatic carbocycles. The third-order valence-electron chi connectivity index (χ3n) is 20.4. The van der Waals surface area contributed by atoms with E-state index in [1.54, 1.807) is 0 Å². The van der Waals surface area contributed by atoms with E-state index in [1.807, 2.05) is 151 Å². The minimum atomic E-state index is 0.610. The molecule has 0 spiro atoms. The van der Waals surface area contributed by atoms with Crippen molar-refractivity contribution in [3.8, 4) is 119 Å². The summed E-state index contributed by atoms with van der Waals surface area (Å²) in [6.45, 7) is 0. The van der Waals surface area contributed by atoms with Crippen molar-refractivity contribution in [2.24, 2.45) is 0 Å². The van der Waals surface area contributed by atoms with Crippen LogP contribution in [0.5, 0.6) is 0 Å². The first-order valence-electron chi connectivity index (χ1n) is 35.9. The molecule has 6 aromatic heterocycles. The molecule has 0 saturated heterocycles. The highest BCUT2D eigenvalue weighted by atomic mass is 32.1. The minimum absolute atomic E-state index is 0.610. The molecular weight excluding hydrogens is 1340 g/mol. The Morgan fingerprint density at radius 2 is 0.602 bits per heavy atom. The Labute approximate surface area is 624 Å². The quantitative estimate of drug-likeness (QED) is 0.125. The van der Waals surface area contributed by atoms with Crippen LogP contribution in [0, 0.1) is 11.3 Å². The van der Waals surface area contributed by atoms with E-state index in [4.69, 9.17) is 34.3 Å². The molecule has 0 fully saturated rings. The van der Waals surface area contributed by atoms with Crippen LogP contribution in [0.15, 0.2) is 362 Å². The molecule has 10 nitrogen and oxygen atoms in total. The second-order valence-corrected chi connectivity index (χ2v) is 27.8. The topological polar surface area (TPSA) is 124 Å². The van der Waals surface area contributed by atoms with Gasteiger partial charge in [0.25, 0.3) is 0 Å². The lowest BCUT2D eigenvalue weighted by atomic mass is 9.99. The Bertz CT molecular complexity index is 6970. The van der Waals surface area contributed by atoms with Gasteiger partial charge in [-0.15, -0.1) is 11.3 Å². The monoisotopic (exact) mass is 1400 g/mol. The summed E-state index contributed by atoms with van der Waals surface area (Å²) >= 11 is 1.84. The zero-order valence-electron chi connectivity index (χ0n) is 57.9. The number of benzene rings is 15. The molecule has 21 aromatic rings. The molecule has 0 unspecified atom stereocenters. The lowest BCUT2D eigenvalue weighted by Crippen LogP contribution is -2.00. The smallest absolute Gasteiger partial charge is 0.164 e. The van der Waals surface area contributed by atoms with Crippen LogP contribution in [-0.2, 0) is 0 Å². The Kier molecular flexibility index (Phi) is 15.6. The lowest BCUT2D eigenvalue weighted by Gasteiger charge is -2.11. The van der Waals surface area contributed by atoms with Crippen LogP contribution >= 0.6 is 11.3 Å². The van der Waals surface area contributed by atoms with Crippen LogP contribution in [0.1, 0.15) is 5.56 Å². The summed E-state index contributed by atoms with van der Waals surface area (Å²) < 4.78 is 14.0. The molecule has 0 aliphatic carbocycles. The summed E-state index contributed by atoms with van der Waals surface area (Å²) in [5.41, 5.74) is 21.2. The Morgan fingerprint density at radius 1 is 0.250 bits per heavy atom. The number of furan rings is 1. The van der Waals surface area contributed by atoms with Crippen molar-refractivity contribution in [2.45, 2.75) is 0 Å². The van der Waals surface area contributed by atoms with E-state index in [9.17, 15) is 5.26 Å². The Balaban J connectivity index is 0.000000143. The maximum absolute atomic E-state index is 9.80. The molecule has 108 heavy (non-hydrogen) atoms. The second-order valence-electron chi connectivity index (χ2n) is 26.8. The number of para-hydroxylation sites is 3. The summed E-state index contributed by atoms with van der Waals surface area (Å²) in [6.07, 6.45) is 0. The highest BCUT2D eigenvalue weighted by molar-refractivity contribution is 7.26. The number of nitrogens with zero attached hydrogens (tertiary/aromatic N) is 9. The molecule has 504 valence electrons. The first-order chi connectivity index (χ1) is 53.5. The molecule has 0 bridgehead atoms. The number of hydrogen-bond donors (Lipinski definition) is 0. The van der Waals surface area contributed by atoms with Crippen molar-refractivity contribution in [2.75, 3.05) is 0 Å². The molecule has 0 aliphatic rings. The van der Waals surface area contributed by atoms with Crippen molar-refractivity contribution in [1.29, 1.82) is 5.26 Å². The maximum Gasteiger partial charge on any atom is 0.164 e. The number of fused-ring (bicyclic) bond motifs is 12. The molecule has 0 saturated carbocycles. The van der Waals surface area contributed by atoms with Crippen molar-refractivity contribution < 1.29 is 4.42 Å². The SMILES string of the molecule is N#Cc1ccc2c(c1)c1ccc(-c3cccc4c3sc3ccccc34)cc1n2-c1ccc(-c2nc(-c3ccccc3)nc(-c3ccccc3)n2)cc1.c1ccc(-c2nc(-c3ccccc3)nc(-c3ccc(-n4c5ccccc5c5ccc(-c6cccc7c6oc6c(-c8ccccc8)cccc67)cc54)cc3)n2)cc1. The van der Waals surface area contributed by atoms with Crippen molar-refractivity contribution in [3.05, 3.63) is 363 Å². The average Bonchev–Trinajstić information content (AvgIpc) is 1.59. The number of thiophene rings is 1. The van der Waals surface area contributed by atoms with E-state index in [2.05, 4.69) is 234 Å². The van der Waals surface area contributed by atoms with Gasteiger partial charge in [-0.25, -0.2) is 29.9 Å². The zero-order valence-corrected chi connectivity index (χ0v) is 58.7. The molecule has 11 heteroatoms. The summed E-state index contributed by atoms with van der Waals surface area (Å²) in [6, 6.07) is 126. The summed E-state index contributed by atoms with van der Waals surface area (Å²) in [5, 5.41) is 19.1. The Morgan fingerprint density at radius 3 is 1.08 bits per heavy atom. The minimum Gasteiger partial charge on any atom is -0.455 e. The van der Waals surface area contributed by atoms with Gasteiger partial charge >= 0.3 is 0 Å². The number of nitriles is 1. The molecule has 21 rings (SSSR count). The predicted octanol–water partition coefficient (Wildman–Crippen LogP) is 25.1. The van der Waals surface area contributed by atoms with Crippen LogP contribution in [0.2, 0.25) is 0 Å². The zero-order chi connectivity index (χ0) is 71.6. The summed E-state index contributed by atoms with van der Waals surface area (Å²) in [5.74, 6) is 3.78. The van der Waals surface area contributed by atoms with Gasteiger partial charge in [-0.05, 0) is 113 Å². The third kappa shape index (κ3) is 11.2. The molecule has 6 heterocycles. The van der Waals surface area contributed by atoms with Gasteiger partial charge in [-0.1, -0.05) is 267 Å². The van der Waals surface area contributed by atoms with E-state index in [-0.39, 0.29) is 0 Å². The fraction of sp³-hybridized carbons (Fsp3) is 0. The highest BCUT2D eigenvalue weighted by Crippen LogP contribution is 2.45. The van der Waals surface area contributed by atoms with Gasteiger partial charge < -0.3 is 13.6 Å². The normalized spacial score (nSPS) is 11.5. The molecule has 0 atom stereocenters. The molecule has 0 radical (unpaired) electrons. The van der Waals surface area contributed by atoms with Gasteiger partial charge in [0, 0.05) is 108 Å². The maximum atomic E-state index is 9.80. The number of aromatic nitrogens is 8. The molecular formula is C97H59N9OS. The number of rotatable bonds is 11. The van der Waals surface area contributed by atoms with Crippen LogP contribution in [-0.4, -0.2) is 39.0 Å². The highest BCUT2D eigenvalue weighted by Gasteiger charge is 2.22. The van der Waals surface area contributed by atoms with E-state index in [0.717, 1.165) is 127 Å². The fourth-order valence-electron chi connectivity index (χ4n) is 15.2. The van der Waals surface area contributed by atoms with Gasteiger partial charge in [0.15, 0.2) is 34.9 Å². The van der Waals surface area contributed by atoms with Gasteiger partial charge in [-0.2, -0.15) is 5.26 Å². The van der Waals surface area contributed by atoms with Crippen LogP contribution in [0.4, 0.5) is 0 Å². The van der Waals surface area contributed by atoms with E-state index >= 15 is 0 Å². The average molecular weight is 1400 g/mol. The third-order valence-corrected chi connectivity index (χ3v) is 21.6. The van der Waals surface area contributed by atoms with Crippen LogP contribution < -0.4 is 0 Å². The standard InChI is InChI=1S/C51H32N4O.C46H27N5S/c1-4-14-33(15-5-1)39-21-12-23-43-44-24-13-22-40(48(44)56-47(39)43)37-28-31-42-41-20-10-11-25-45(41)55(46(42)32-37)38-29-26-36(27-30-38)51-53-49(34-16-6-2-7-17-34)52-50(54-51)35-18-8-3-9-19-35;47-28-29-18-25-40-39(26-29)36-24-21-33(35-15-9-16-38-37-14-7-8-17-42(37)52-43(35)38)27-41(36)51(40)34-22-19-32(20-23-34)46-49-44(30-10-3-1-4-11-30)48-45(50-46)31-12-5-2-6-13-31/h1-32H;1-27H. The second kappa shape index (κ2) is 26.6. The molecule has 0 aliphatic heterocycles. The summed E-state index contributed by atoms with van der Waals surface area (Å²) in [7, 11) is 0. The van der Waals surface area contributed by atoms with Crippen molar-refractivity contribution in [3.63, 3.8) is 0 Å². The predicted molar refractivity (Wildman–Crippen MR) is 442 cm³/mol. The molecule has 0 N–H and O–H groups in total. The Hall–Kier alpha value is -14.6. The van der Waals surface area contributed by atoms with Gasteiger partial charge in [0.1, 0.15) is 11.2 Å². The van der Waals surface area contributed by atoms with Crippen LogP contribution in [0.3, 0.4) is 0 Å². The fourth-order valence-corrected chi connectivity index (χ4v) is 16.5. The van der Waals surface area contributed by atoms with Gasteiger partial charge in [0.05, 0.1) is 33.7 Å². The number of hydrogen-bond acceptors (Lipinski definition) is 9. The van der Waals surface area contributed by atoms with Gasteiger partial charge in [-0.3, -0.25) is 0 Å². The largest absolute Gasteiger partial charge is 0.455 e. The molecule has 0 amide bonds. The van der Waals surface area contributed by atoms with E-state index in [1.165, 1.54) is 36.5 Å². The van der Waals surface area contributed by atoms with Gasteiger partial charge in [0.2, 0.25) is 0 Å². The summed E-state index contributed by atoms with van der Waals surface area (Å²) in [4.78, 5) is 29.5. The first kappa shape index (κ1) is 63.1. The lowest BCUT2D eigenvalue weighted by molar-refractivity contribution is 0.671.